The van der Waals surface area contributed by atoms with E-state index >= 15 is 0 Å². The molecular formula is C11H13ClFNO. The van der Waals surface area contributed by atoms with Crippen molar-refractivity contribution in [3.05, 3.63) is 28.5 Å². The first kappa shape index (κ1) is 12.0. The molecule has 0 bridgehead atoms. The summed E-state index contributed by atoms with van der Waals surface area (Å²) in [4.78, 5) is 10.7. The molecule has 0 spiro atoms. The number of hydrogen-bond acceptors (Lipinski definition) is 2. The summed E-state index contributed by atoms with van der Waals surface area (Å²) in [7, 11) is 0. The van der Waals surface area contributed by atoms with Crippen LogP contribution in [0.2, 0.25) is 5.02 Å². The van der Waals surface area contributed by atoms with Gasteiger partial charge in [-0.2, -0.15) is 0 Å². The zero-order valence-corrected chi connectivity index (χ0v) is 9.49. The maximum Gasteiger partial charge on any atom is 0.131 e. The van der Waals surface area contributed by atoms with Crippen molar-refractivity contribution < 1.29 is 9.18 Å². The molecule has 0 atom stereocenters. The van der Waals surface area contributed by atoms with Gasteiger partial charge in [-0.1, -0.05) is 11.6 Å². The van der Waals surface area contributed by atoms with Crippen LogP contribution in [-0.4, -0.2) is 12.3 Å². The quantitative estimate of drug-likeness (QED) is 0.859. The smallest absolute Gasteiger partial charge is 0.131 e. The van der Waals surface area contributed by atoms with Crippen molar-refractivity contribution in [3.8, 4) is 0 Å². The summed E-state index contributed by atoms with van der Waals surface area (Å²) in [6.07, 6.45) is 0.409. The minimum Gasteiger partial charge on any atom is -0.383 e. The molecule has 0 aliphatic heterocycles. The number of hydrogen-bond donors (Lipinski definition) is 1. The summed E-state index contributed by atoms with van der Waals surface area (Å²) < 4.78 is 13.2. The molecule has 0 fully saturated rings. The normalized spacial score (nSPS) is 10.1. The van der Waals surface area contributed by atoms with Gasteiger partial charge in [0.25, 0.3) is 0 Å². The monoisotopic (exact) mass is 229 g/mol. The number of aryl methyl sites for hydroxylation is 1. The van der Waals surface area contributed by atoms with E-state index in [0.29, 0.717) is 29.2 Å². The number of carbonyl (C=O) groups excluding carboxylic acids is 1. The van der Waals surface area contributed by atoms with Gasteiger partial charge in [-0.15, -0.1) is 0 Å². The Morgan fingerprint density at radius 3 is 2.80 bits per heavy atom. The topological polar surface area (TPSA) is 29.1 Å². The first-order valence-electron chi connectivity index (χ1n) is 4.69. The van der Waals surface area contributed by atoms with Crippen LogP contribution in [0.3, 0.4) is 0 Å². The van der Waals surface area contributed by atoms with Crippen LogP contribution in [-0.2, 0) is 4.79 Å². The third-order valence-corrected chi connectivity index (χ3v) is 2.35. The van der Waals surface area contributed by atoms with Gasteiger partial charge in [-0.05, 0) is 31.5 Å². The van der Waals surface area contributed by atoms with E-state index in [4.69, 9.17) is 11.6 Å². The number of benzene rings is 1. The number of halogens is 2. The zero-order chi connectivity index (χ0) is 11.4. The fourth-order valence-corrected chi connectivity index (χ4v) is 1.44. The predicted octanol–water partition coefficient (Wildman–Crippen LogP) is 3.18. The van der Waals surface area contributed by atoms with Gasteiger partial charge in [0.15, 0.2) is 0 Å². The Hall–Kier alpha value is -1.09. The molecule has 0 unspecified atom stereocenters. The van der Waals surface area contributed by atoms with Crippen LogP contribution in [0.1, 0.15) is 18.9 Å². The van der Waals surface area contributed by atoms with Gasteiger partial charge in [0.2, 0.25) is 0 Å². The summed E-state index contributed by atoms with van der Waals surface area (Å²) in [6.45, 7) is 3.64. The minimum atomic E-state index is -0.301. The fourth-order valence-electron chi connectivity index (χ4n) is 1.15. The molecule has 1 N–H and O–H groups in total. The minimum absolute atomic E-state index is 0.0891. The third kappa shape index (κ3) is 3.51. The van der Waals surface area contributed by atoms with E-state index in [-0.39, 0.29) is 11.6 Å². The molecule has 1 rings (SSSR count). The highest BCUT2D eigenvalue weighted by Crippen LogP contribution is 2.24. The van der Waals surface area contributed by atoms with Crippen molar-refractivity contribution in [3.63, 3.8) is 0 Å². The maximum atomic E-state index is 13.2. The van der Waals surface area contributed by atoms with Crippen molar-refractivity contribution >= 4 is 23.1 Å². The molecule has 1 aromatic carbocycles. The van der Waals surface area contributed by atoms with Gasteiger partial charge < -0.3 is 5.32 Å². The Labute approximate surface area is 93.4 Å². The highest BCUT2D eigenvalue weighted by molar-refractivity contribution is 6.33. The number of carbonyl (C=O) groups is 1. The molecule has 15 heavy (non-hydrogen) atoms. The Kier molecular flexibility index (Phi) is 4.09. The van der Waals surface area contributed by atoms with Crippen LogP contribution in [0.25, 0.3) is 0 Å². The highest BCUT2D eigenvalue weighted by Gasteiger charge is 2.05. The number of rotatable bonds is 4. The molecule has 2 nitrogen and oxygen atoms in total. The summed E-state index contributed by atoms with van der Waals surface area (Å²) in [5, 5.41) is 3.39. The molecule has 0 amide bonds. The van der Waals surface area contributed by atoms with Gasteiger partial charge in [-0.3, -0.25) is 4.79 Å². The van der Waals surface area contributed by atoms with Crippen molar-refractivity contribution in [1.29, 1.82) is 0 Å². The Morgan fingerprint density at radius 2 is 2.20 bits per heavy atom. The van der Waals surface area contributed by atoms with Crippen LogP contribution in [0.4, 0.5) is 10.1 Å². The van der Waals surface area contributed by atoms with Crippen molar-refractivity contribution in [2.75, 3.05) is 11.9 Å². The lowest BCUT2D eigenvalue weighted by molar-refractivity contribution is -0.116. The summed E-state index contributed by atoms with van der Waals surface area (Å²) in [5.74, 6) is -0.212. The first-order valence-corrected chi connectivity index (χ1v) is 5.07. The molecule has 0 saturated carbocycles. The number of nitrogens with one attached hydrogen (secondary N) is 1. The van der Waals surface area contributed by atoms with Crippen LogP contribution in [0, 0.1) is 12.7 Å². The van der Waals surface area contributed by atoms with E-state index < -0.39 is 0 Å². The summed E-state index contributed by atoms with van der Waals surface area (Å²) in [5.41, 5.74) is 1.04. The predicted molar refractivity (Wildman–Crippen MR) is 59.9 cm³/mol. The van der Waals surface area contributed by atoms with Crippen LogP contribution >= 0.6 is 11.6 Å². The number of anilines is 1. The molecule has 82 valence electrons. The van der Waals surface area contributed by atoms with Crippen LogP contribution < -0.4 is 5.32 Å². The van der Waals surface area contributed by atoms with E-state index in [0.717, 1.165) is 0 Å². The van der Waals surface area contributed by atoms with E-state index in [1.165, 1.54) is 13.0 Å². The molecule has 0 heterocycles. The zero-order valence-electron chi connectivity index (χ0n) is 8.73. The molecule has 4 heteroatoms. The molecular weight excluding hydrogens is 217 g/mol. The highest BCUT2D eigenvalue weighted by atomic mass is 35.5. The average molecular weight is 230 g/mol. The Morgan fingerprint density at radius 1 is 1.53 bits per heavy atom. The molecule has 0 radical (unpaired) electrons. The number of Topliss-reactive ketones (excluding diaryl/α,β-unsaturated/α-hetero) is 1. The largest absolute Gasteiger partial charge is 0.383 e. The second-order valence-electron chi connectivity index (χ2n) is 3.46. The summed E-state index contributed by atoms with van der Waals surface area (Å²) >= 11 is 5.90. The van der Waals surface area contributed by atoms with Crippen molar-refractivity contribution in [2.45, 2.75) is 20.3 Å². The van der Waals surface area contributed by atoms with Crippen LogP contribution in [0.15, 0.2) is 12.1 Å². The molecule has 1 aromatic rings. The summed E-state index contributed by atoms with van der Waals surface area (Å²) in [6, 6.07) is 2.91. The van der Waals surface area contributed by atoms with E-state index in [1.54, 1.807) is 13.0 Å². The fraction of sp³-hybridized carbons (Fsp3) is 0.364. The van der Waals surface area contributed by atoms with Gasteiger partial charge >= 0.3 is 0 Å². The lowest BCUT2D eigenvalue weighted by atomic mass is 10.2. The second kappa shape index (κ2) is 5.12. The maximum absolute atomic E-state index is 13.2. The molecule has 0 aliphatic rings. The lowest BCUT2D eigenvalue weighted by Gasteiger charge is -2.08. The second-order valence-corrected chi connectivity index (χ2v) is 3.87. The van der Waals surface area contributed by atoms with Gasteiger partial charge in [0.05, 0.1) is 10.7 Å². The van der Waals surface area contributed by atoms with Gasteiger partial charge in [-0.25, -0.2) is 4.39 Å². The lowest BCUT2D eigenvalue weighted by Crippen LogP contribution is -2.06. The average Bonchev–Trinajstić information content (AvgIpc) is 2.13. The SMILES string of the molecule is CC(=O)CCNc1cc(F)c(C)cc1Cl. The van der Waals surface area contributed by atoms with Crippen molar-refractivity contribution in [1.82, 2.24) is 0 Å². The van der Waals surface area contributed by atoms with Gasteiger partial charge in [0.1, 0.15) is 11.6 Å². The number of ketones is 1. The van der Waals surface area contributed by atoms with E-state index in [9.17, 15) is 9.18 Å². The van der Waals surface area contributed by atoms with E-state index in [2.05, 4.69) is 5.32 Å². The standard InChI is InChI=1S/C11H13ClFNO/c1-7-5-9(12)11(6-10(7)13)14-4-3-8(2)15/h5-6,14H,3-4H2,1-2H3. The van der Waals surface area contributed by atoms with Crippen molar-refractivity contribution in [2.24, 2.45) is 0 Å². The first-order chi connectivity index (χ1) is 7.00. The third-order valence-electron chi connectivity index (χ3n) is 2.04. The Bertz CT molecular complexity index is 379. The van der Waals surface area contributed by atoms with Gasteiger partial charge in [0, 0.05) is 13.0 Å². The Balaban J connectivity index is 2.69. The molecule has 0 aromatic heterocycles. The molecule has 0 saturated heterocycles. The van der Waals surface area contributed by atoms with Crippen LogP contribution in [0.5, 0.6) is 0 Å². The molecule has 0 aliphatic carbocycles. The van der Waals surface area contributed by atoms with E-state index in [1.807, 2.05) is 0 Å².